The Labute approximate surface area is 153 Å². The zero-order valence-electron chi connectivity index (χ0n) is 15.6. The summed E-state index contributed by atoms with van der Waals surface area (Å²) in [6.45, 7) is 6.36. The summed E-state index contributed by atoms with van der Waals surface area (Å²) >= 11 is 5.97. The Bertz CT molecular complexity index is 420. The van der Waals surface area contributed by atoms with E-state index in [1.165, 1.54) is 57.8 Å². The number of halogens is 1. The van der Waals surface area contributed by atoms with E-state index in [9.17, 15) is 0 Å². The number of aryl methyl sites for hydroxylation is 1. The van der Waals surface area contributed by atoms with Crippen molar-refractivity contribution in [1.82, 2.24) is 0 Å². The van der Waals surface area contributed by atoms with E-state index in [0.29, 0.717) is 18.2 Å². The average molecular weight is 355 g/mol. The Morgan fingerprint density at radius 3 is 2.08 bits per heavy atom. The van der Waals surface area contributed by atoms with Gasteiger partial charge >= 0.3 is 0 Å². The molecule has 24 heavy (non-hydrogen) atoms. The number of hydrogen-bond acceptors (Lipinski definition) is 2. The highest BCUT2D eigenvalue weighted by molar-refractivity contribution is 6.30. The predicted molar refractivity (Wildman–Crippen MR) is 104 cm³/mol. The molecule has 0 fully saturated rings. The van der Waals surface area contributed by atoms with E-state index in [1.54, 1.807) is 0 Å². The van der Waals surface area contributed by atoms with Crippen molar-refractivity contribution in [3.8, 4) is 5.75 Å². The van der Waals surface area contributed by atoms with Gasteiger partial charge in [0.25, 0.3) is 0 Å². The lowest BCUT2D eigenvalue weighted by Crippen LogP contribution is -2.08. The van der Waals surface area contributed by atoms with Crippen LogP contribution < -0.4 is 4.74 Å². The van der Waals surface area contributed by atoms with Gasteiger partial charge in [-0.25, -0.2) is 0 Å². The van der Waals surface area contributed by atoms with Gasteiger partial charge in [-0.1, -0.05) is 82.4 Å². The third-order valence-corrected chi connectivity index (χ3v) is 4.51. The molecule has 0 radical (unpaired) electrons. The molecule has 0 saturated heterocycles. The van der Waals surface area contributed by atoms with Crippen molar-refractivity contribution < 1.29 is 9.47 Å². The normalized spacial score (nSPS) is 11.0. The minimum Gasteiger partial charge on any atom is -0.491 e. The SMILES string of the molecule is CCCCCCCCCCCCOCCOc1cc(Cl)ccc1C. The van der Waals surface area contributed by atoms with Crippen LogP contribution in [0.25, 0.3) is 0 Å². The number of unbranched alkanes of at least 4 members (excludes halogenated alkanes) is 9. The fourth-order valence-electron chi connectivity index (χ4n) is 2.73. The molecule has 0 N–H and O–H groups in total. The molecule has 0 aromatic heterocycles. The van der Waals surface area contributed by atoms with Gasteiger partial charge in [-0.2, -0.15) is 0 Å². The lowest BCUT2D eigenvalue weighted by molar-refractivity contribution is 0.0968. The van der Waals surface area contributed by atoms with Crippen molar-refractivity contribution >= 4 is 11.6 Å². The number of rotatable bonds is 15. The Kier molecular flexibility index (Phi) is 13.0. The highest BCUT2D eigenvalue weighted by Gasteiger charge is 2.00. The van der Waals surface area contributed by atoms with E-state index < -0.39 is 0 Å². The summed E-state index contributed by atoms with van der Waals surface area (Å²) in [7, 11) is 0. The maximum Gasteiger partial charge on any atom is 0.123 e. The van der Waals surface area contributed by atoms with Crippen molar-refractivity contribution in [2.45, 2.75) is 78.1 Å². The summed E-state index contributed by atoms with van der Waals surface area (Å²) in [6, 6.07) is 5.72. The van der Waals surface area contributed by atoms with E-state index in [4.69, 9.17) is 21.1 Å². The topological polar surface area (TPSA) is 18.5 Å². The molecule has 0 saturated carbocycles. The van der Waals surface area contributed by atoms with Crippen LogP contribution >= 0.6 is 11.6 Å². The fraction of sp³-hybridized carbons (Fsp3) is 0.714. The zero-order valence-corrected chi connectivity index (χ0v) is 16.4. The van der Waals surface area contributed by atoms with Gasteiger partial charge in [0.15, 0.2) is 0 Å². The second-order valence-corrected chi connectivity index (χ2v) is 6.99. The summed E-state index contributed by atoms with van der Waals surface area (Å²) in [5, 5.41) is 0.710. The minimum atomic E-state index is 0.582. The largest absolute Gasteiger partial charge is 0.491 e. The first-order valence-electron chi connectivity index (χ1n) is 9.70. The predicted octanol–water partition coefficient (Wildman–Crippen LogP) is 6.96. The summed E-state index contributed by atoms with van der Waals surface area (Å²) in [6.07, 6.45) is 13.5. The maximum absolute atomic E-state index is 5.97. The highest BCUT2D eigenvalue weighted by Crippen LogP contribution is 2.22. The van der Waals surface area contributed by atoms with Crippen molar-refractivity contribution in [3.63, 3.8) is 0 Å². The second kappa shape index (κ2) is 14.6. The zero-order chi connectivity index (χ0) is 17.5. The molecule has 0 aliphatic heterocycles. The Balaban J connectivity index is 1.85. The monoisotopic (exact) mass is 354 g/mol. The molecular weight excluding hydrogens is 320 g/mol. The van der Waals surface area contributed by atoms with Crippen molar-refractivity contribution in [2.24, 2.45) is 0 Å². The van der Waals surface area contributed by atoms with Crippen molar-refractivity contribution in [2.75, 3.05) is 19.8 Å². The van der Waals surface area contributed by atoms with Crippen LogP contribution in [-0.4, -0.2) is 19.8 Å². The molecular formula is C21H35ClO2. The highest BCUT2D eigenvalue weighted by atomic mass is 35.5. The minimum absolute atomic E-state index is 0.582. The van der Waals surface area contributed by atoms with Gasteiger partial charge in [-0.3, -0.25) is 0 Å². The van der Waals surface area contributed by atoms with E-state index in [2.05, 4.69) is 6.92 Å². The van der Waals surface area contributed by atoms with E-state index >= 15 is 0 Å². The van der Waals surface area contributed by atoms with Crippen LogP contribution in [0.2, 0.25) is 5.02 Å². The van der Waals surface area contributed by atoms with Crippen LogP contribution in [0.5, 0.6) is 5.75 Å². The molecule has 0 amide bonds. The van der Waals surface area contributed by atoms with Gasteiger partial charge in [0.1, 0.15) is 12.4 Å². The Hall–Kier alpha value is -0.730. The number of ether oxygens (including phenoxy) is 2. The van der Waals surface area contributed by atoms with Crippen LogP contribution in [0.15, 0.2) is 18.2 Å². The van der Waals surface area contributed by atoms with Gasteiger partial charge in [-0.15, -0.1) is 0 Å². The number of benzene rings is 1. The van der Waals surface area contributed by atoms with Gasteiger partial charge in [0.2, 0.25) is 0 Å². The van der Waals surface area contributed by atoms with Crippen molar-refractivity contribution in [3.05, 3.63) is 28.8 Å². The van der Waals surface area contributed by atoms with Gasteiger partial charge < -0.3 is 9.47 Å². The second-order valence-electron chi connectivity index (χ2n) is 6.55. The van der Waals surface area contributed by atoms with Crippen LogP contribution in [0.1, 0.15) is 76.7 Å². The van der Waals surface area contributed by atoms with Gasteiger partial charge in [0.05, 0.1) is 6.61 Å². The lowest BCUT2D eigenvalue weighted by atomic mass is 10.1. The molecule has 0 bridgehead atoms. The van der Waals surface area contributed by atoms with Crippen LogP contribution in [-0.2, 0) is 4.74 Å². The van der Waals surface area contributed by atoms with Crippen LogP contribution in [0, 0.1) is 6.92 Å². The summed E-state index contributed by atoms with van der Waals surface area (Å²) in [5.41, 5.74) is 1.11. The number of hydrogen-bond donors (Lipinski definition) is 0. The molecule has 0 aliphatic rings. The molecule has 2 nitrogen and oxygen atoms in total. The molecule has 0 aliphatic carbocycles. The van der Waals surface area contributed by atoms with Gasteiger partial charge in [-0.05, 0) is 31.0 Å². The maximum atomic E-state index is 5.97. The average Bonchev–Trinajstić information content (AvgIpc) is 2.58. The third kappa shape index (κ3) is 10.9. The molecule has 0 unspecified atom stereocenters. The van der Waals surface area contributed by atoms with Crippen LogP contribution in [0.3, 0.4) is 0 Å². The van der Waals surface area contributed by atoms with Gasteiger partial charge in [0, 0.05) is 11.6 Å². The Morgan fingerprint density at radius 1 is 0.792 bits per heavy atom. The van der Waals surface area contributed by atoms with Crippen molar-refractivity contribution in [1.29, 1.82) is 0 Å². The summed E-state index contributed by atoms with van der Waals surface area (Å²) < 4.78 is 11.3. The van der Waals surface area contributed by atoms with E-state index in [1.807, 2.05) is 25.1 Å². The molecule has 1 aromatic carbocycles. The quantitative estimate of drug-likeness (QED) is 0.317. The fourth-order valence-corrected chi connectivity index (χ4v) is 2.90. The molecule has 1 rings (SSSR count). The smallest absolute Gasteiger partial charge is 0.123 e. The van der Waals surface area contributed by atoms with E-state index in [0.717, 1.165) is 24.3 Å². The van der Waals surface area contributed by atoms with E-state index in [-0.39, 0.29) is 0 Å². The first kappa shape index (κ1) is 21.3. The Morgan fingerprint density at radius 2 is 1.42 bits per heavy atom. The molecule has 138 valence electrons. The molecule has 3 heteroatoms. The first-order valence-corrected chi connectivity index (χ1v) is 10.1. The standard InChI is InChI=1S/C21H35ClO2/c1-3-4-5-6-7-8-9-10-11-12-15-23-16-17-24-21-18-20(22)14-13-19(21)2/h13-14,18H,3-12,15-17H2,1-2H3. The van der Waals surface area contributed by atoms with Crippen LogP contribution in [0.4, 0.5) is 0 Å². The molecule has 1 aromatic rings. The lowest BCUT2D eigenvalue weighted by Gasteiger charge is -2.10. The molecule has 0 atom stereocenters. The molecule has 0 heterocycles. The first-order chi connectivity index (χ1) is 11.7. The molecule has 0 spiro atoms. The summed E-state index contributed by atoms with van der Waals surface area (Å²) in [5.74, 6) is 0.852. The third-order valence-electron chi connectivity index (χ3n) is 4.28. The summed E-state index contributed by atoms with van der Waals surface area (Å²) in [4.78, 5) is 0.